The maximum atomic E-state index is 11.4. The summed E-state index contributed by atoms with van der Waals surface area (Å²) in [5, 5.41) is 40.2. The molecule has 0 aliphatic heterocycles. The monoisotopic (exact) mass is 299 g/mol. The summed E-state index contributed by atoms with van der Waals surface area (Å²) in [4.78, 5) is 22.8. The van der Waals surface area contributed by atoms with Crippen LogP contribution in [0.3, 0.4) is 0 Å². The van der Waals surface area contributed by atoms with Crippen LogP contribution in [-0.4, -0.2) is 57.7 Å². The summed E-state index contributed by atoms with van der Waals surface area (Å²) < 4.78 is 0. The molecule has 0 aromatic heterocycles. The molecule has 21 heavy (non-hydrogen) atoms. The number of nitrogen functional groups attached to an aromatic ring is 1. The molecule has 1 aromatic carbocycles. The van der Waals surface area contributed by atoms with Gasteiger partial charge in [0.05, 0.1) is 13.2 Å². The molecule has 0 aliphatic rings. The Balaban J connectivity index is 2.85. The molecule has 9 heteroatoms. The largest absolute Gasteiger partial charge is 0.399 e. The molecule has 116 valence electrons. The third-order valence-corrected chi connectivity index (χ3v) is 2.44. The lowest BCUT2D eigenvalue weighted by Gasteiger charge is -2.13. The van der Waals surface area contributed by atoms with Crippen molar-refractivity contribution in [2.24, 2.45) is 0 Å². The second-order valence-electron chi connectivity index (χ2n) is 4.22. The van der Waals surface area contributed by atoms with Gasteiger partial charge >= 0.3 is 0 Å². The molecule has 0 saturated heterocycles. The van der Waals surface area contributed by atoms with Crippen LogP contribution in [0.25, 0.3) is 0 Å². The Morgan fingerprint density at radius 3 is 1.67 bits per heavy atom. The lowest BCUT2D eigenvalue weighted by Crippen LogP contribution is -2.31. The lowest BCUT2D eigenvalue weighted by molar-refractivity contribution is -0.126. The zero-order chi connectivity index (χ0) is 16.0. The third kappa shape index (κ3) is 5.00. The van der Waals surface area contributed by atoms with E-state index in [2.05, 4.69) is 10.6 Å². The van der Waals surface area contributed by atoms with Gasteiger partial charge in [-0.05, 0) is 18.2 Å². The number of aliphatic hydroxyl groups excluding tert-OH is 4. The number of hydrogen-bond donors (Lipinski definition) is 7. The van der Waals surface area contributed by atoms with Gasteiger partial charge in [0.2, 0.25) is 0 Å². The van der Waals surface area contributed by atoms with Crippen LogP contribution in [0, 0.1) is 0 Å². The van der Waals surface area contributed by atoms with Gasteiger partial charge in [-0.25, -0.2) is 0 Å². The molecule has 0 saturated carbocycles. The van der Waals surface area contributed by atoms with Crippen molar-refractivity contribution in [3.05, 3.63) is 18.2 Å². The van der Waals surface area contributed by atoms with Gasteiger partial charge in [0.25, 0.3) is 11.8 Å². The molecule has 0 aliphatic carbocycles. The minimum atomic E-state index is -1.58. The molecule has 2 atom stereocenters. The Morgan fingerprint density at radius 1 is 0.952 bits per heavy atom. The van der Waals surface area contributed by atoms with Crippen molar-refractivity contribution < 1.29 is 30.0 Å². The number of aliphatic hydroxyl groups is 4. The predicted octanol–water partition coefficient (Wildman–Crippen LogP) is -2.15. The first-order valence-electron chi connectivity index (χ1n) is 5.97. The summed E-state index contributed by atoms with van der Waals surface area (Å²) in [6.07, 6.45) is -3.17. The number of hydrogen-bond acceptors (Lipinski definition) is 7. The smallest absolute Gasteiger partial charge is 0.255 e. The highest BCUT2D eigenvalue weighted by Gasteiger charge is 2.16. The van der Waals surface area contributed by atoms with Crippen LogP contribution in [0.4, 0.5) is 17.1 Å². The molecule has 1 rings (SSSR count). The van der Waals surface area contributed by atoms with E-state index in [4.69, 9.17) is 26.2 Å². The normalized spacial score (nSPS) is 13.3. The van der Waals surface area contributed by atoms with Crippen molar-refractivity contribution in [2.75, 3.05) is 29.6 Å². The summed E-state index contributed by atoms with van der Waals surface area (Å²) >= 11 is 0. The molecule has 0 fully saturated rings. The van der Waals surface area contributed by atoms with Gasteiger partial charge < -0.3 is 36.8 Å². The molecule has 1 aromatic rings. The van der Waals surface area contributed by atoms with E-state index < -0.39 is 37.2 Å². The SMILES string of the molecule is Nc1cc(NC(=O)C(O)CO)cc(NC(=O)C(O)CO)c1. The van der Waals surface area contributed by atoms with Crippen molar-refractivity contribution in [3.63, 3.8) is 0 Å². The van der Waals surface area contributed by atoms with Crippen molar-refractivity contribution in [3.8, 4) is 0 Å². The van der Waals surface area contributed by atoms with Gasteiger partial charge in [0, 0.05) is 17.1 Å². The predicted molar refractivity (Wildman–Crippen MR) is 74.3 cm³/mol. The van der Waals surface area contributed by atoms with Gasteiger partial charge in [-0.15, -0.1) is 0 Å². The first-order chi connectivity index (χ1) is 9.87. The Kier molecular flexibility index (Phi) is 6.06. The molecule has 2 unspecified atom stereocenters. The van der Waals surface area contributed by atoms with E-state index in [-0.39, 0.29) is 17.1 Å². The zero-order valence-electron chi connectivity index (χ0n) is 11.0. The molecule has 8 N–H and O–H groups in total. The first-order valence-corrected chi connectivity index (χ1v) is 5.97. The Morgan fingerprint density at radius 2 is 1.33 bits per heavy atom. The topological polar surface area (TPSA) is 165 Å². The molecule has 2 amide bonds. The molecular formula is C12H17N3O6. The quantitative estimate of drug-likeness (QED) is 0.294. The number of nitrogens with two attached hydrogens (primary N) is 1. The zero-order valence-corrected chi connectivity index (χ0v) is 11.0. The van der Waals surface area contributed by atoms with Crippen LogP contribution in [0.1, 0.15) is 0 Å². The third-order valence-electron chi connectivity index (χ3n) is 2.44. The van der Waals surface area contributed by atoms with Crippen molar-refractivity contribution in [2.45, 2.75) is 12.2 Å². The van der Waals surface area contributed by atoms with Gasteiger partial charge in [-0.3, -0.25) is 9.59 Å². The van der Waals surface area contributed by atoms with E-state index in [0.717, 1.165) is 0 Å². The molecule has 0 heterocycles. The summed E-state index contributed by atoms with van der Waals surface area (Å²) in [6, 6.07) is 4.08. The van der Waals surface area contributed by atoms with Gasteiger partial charge in [-0.2, -0.15) is 0 Å². The van der Waals surface area contributed by atoms with E-state index in [1.54, 1.807) is 0 Å². The van der Waals surface area contributed by atoms with E-state index in [9.17, 15) is 9.59 Å². The standard InChI is InChI=1S/C12H17N3O6/c13-6-1-7(14-11(20)9(18)4-16)3-8(2-6)15-12(21)10(19)5-17/h1-3,9-10,16-19H,4-5,13H2,(H,14,20)(H,15,21). The Bertz CT molecular complexity index is 479. The Hall–Kier alpha value is -2.20. The van der Waals surface area contributed by atoms with Crippen LogP contribution in [0.5, 0.6) is 0 Å². The maximum Gasteiger partial charge on any atom is 0.255 e. The van der Waals surface area contributed by atoms with Crippen molar-refractivity contribution in [1.29, 1.82) is 0 Å². The molecule has 0 bridgehead atoms. The van der Waals surface area contributed by atoms with E-state index >= 15 is 0 Å². The van der Waals surface area contributed by atoms with Crippen molar-refractivity contribution in [1.82, 2.24) is 0 Å². The van der Waals surface area contributed by atoms with E-state index in [1.165, 1.54) is 18.2 Å². The van der Waals surface area contributed by atoms with Crippen LogP contribution >= 0.6 is 0 Å². The lowest BCUT2D eigenvalue weighted by atomic mass is 10.2. The van der Waals surface area contributed by atoms with Gasteiger partial charge in [0.15, 0.2) is 12.2 Å². The fraction of sp³-hybridized carbons (Fsp3) is 0.333. The number of carbonyl (C=O) groups is 2. The van der Waals surface area contributed by atoms with Crippen molar-refractivity contribution >= 4 is 28.9 Å². The van der Waals surface area contributed by atoms with E-state index in [1.807, 2.05) is 0 Å². The number of carbonyl (C=O) groups excluding carboxylic acids is 2. The van der Waals surface area contributed by atoms with Crippen LogP contribution in [-0.2, 0) is 9.59 Å². The van der Waals surface area contributed by atoms with Crippen LogP contribution < -0.4 is 16.4 Å². The summed E-state index contributed by atoms with van der Waals surface area (Å²) in [5.74, 6) is -1.67. The number of rotatable bonds is 6. The first kappa shape index (κ1) is 16.9. The average Bonchev–Trinajstić information content (AvgIpc) is 2.44. The number of nitrogens with one attached hydrogen (secondary N) is 2. The molecule has 0 radical (unpaired) electrons. The molecule has 0 spiro atoms. The summed E-state index contributed by atoms with van der Waals surface area (Å²) in [7, 11) is 0. The highest BCUT2D eigenvalue weighted by molar-refractivity contribution is 5.97. The molecular weight excluding hydrogens is 282 g/mol. The Labute approximate surface area is 120 Å². The fourth-order valence-corrected chi connectivity index (χ4v) is 1.41. The van der Waals surface area contributed by atoms with Crippen LogP contribution in [0.2, 0.25) is 0 Å². The molecule has 9 nitrogen and oxygen atoms in total. The van der Waals surface area contributed by atoms with Gasteiger partial charge in [0.1, 0.15) is 0 Å². The number of amides is 2. The summed E-state index contributed by atoms with van der Waals surface area (Å²) in [6.45, 7) is -1.47. The summed E-state index contributed by atoms with van der Waals surface area (Å²) in [5.41, 5.74) is 6.17. The number of anilines is 3. The minimum absolute atomic E-state index is 0.182. The highest BCUT2D eigenvalue weighted by Crippen LogP contribution is 2.21. The number of benzene rings is 1. The minimum Gasteiger partial charge on any atom is -0.399 e. The second-order valence-corrected chi connectivity index (χ2v) is 4.22. The maximum absolute atomic E-state index is 11.4. The second kappa shape index (κ2) is 7.55. The fourth-order valence-electron chi connectivity index (χ4n) is 1.41. The van der Waals surface area contributed by atoms with E-state index in [0.29, 0.717) is 0 Å². The van der Waals surface area contributed by atoms with Gasteiger partial charge in [-0.1, -0.05) is 0 Å². The average molecular weight is 299 g/mol. The van der Waals surface area contributed by atoms with Crippen LogP contribution in [0.15, 0.2) is 18.2 Å². The highest BCUT2D eigenvalue weighted by atomic mass is 16.3.